The topological polar surface area (TPSA) is 51.5 Å². The molecule has 0 aliphatic carbocycles. The Bertz CT molecular complexity index is 1150. The molecule has 3 heterocycles. The normalized spacial score (nSPS) is 16.3. The minimum Gasteiger partial charge on any atom is -0.493 e. The van der Waals surface area contributed by atoms with Crippen LogP contribution in [0.4, 0.5) is 13.2 Å². The maximum atomic E-state index is 14.2. The van der Waals surface area contributed by atoms with Crippen LogP contribution in [-0.2, 0) is 18.4 Å². The highest BCUT2D eigenvalue weighted by Crippen LogP contribution is 2.46. The van der Waals surface area contributed by atoms with Crippen LogP contribution in [0.2, 0.25) is 0 Å². The van der Waals surface area contributed by atoms with E-state index in [1.54, 1.807) is 31.4 Å². The number of halogens is 3. The summed E-state index contributed by atoms with van der Waals surface area (Å²) < 4.78 is 49.9. The van der Waals surface area contributed by atoms with Crippen molar-refractivity contribution in [2.75, 3.05) is 6.61 Å². The molecule has 0 saturated carbocycles. The molecule has 1 N–H and O–H groups in total. The van der Waals surface area contributed by atoms with Crippen LogP contribution < -0.4 is 10.2 Å². The molecule has 1 aliphatic rings. The molecule has 1 aliphatic heterocycles. The Labute approximate surface area is 175 Å². The summed E-state index contributed by atoms with van der Waals surface area (Å²) in [4.78, 5) is 12.0. The van der Waals surface area contributed by atoms with Crippen LogP contribution in [-0.4, -0.2) is 28.1 Å². The summed E-state index contributed by atoms with van der Waals surface area (Å²) in [5.74, 6) is 0.621. The van der Waals surface area contributed by atoms with E-state index < -0.39 is 30.2 Å². The molecule has 4 rings (SSSR count). The Hall–Kier alpha value is -2.32. The van der Waals surface area contributed by atoms with Crippen molar-refractivity contribution in [2.45, 2.75) is 50.4 Å². The lowest BCUT2D eigenvalue weighted by Crippen LogP contribution is -2.52. The highest BCUT2D eigenvalue weighted by atomic mass is 32.1. The van der Waals surface area contributed by atoms with Gasteiger partial charge in [-0.05, 0) is 28.8 Å². The zero-order chi connectivity index (χ0) is 21.7. The van der Waals surface area contributed by atoms with Crippen molar-refractivity contribution in [3.63, 3.8) is 0 Å². The molecular formula is C22H22F3NO3S. The SMILES string of the molecule is CC(C)(CC(O)(Cn1ccc(=O)c2sccc21)C(F)(F)F)c1cccc2c1OCC2. The van der Waals surface area contributed by atoms with Crippen molar-refractivity contribution in [1.29, 1.82) is 0 Å². The fourth-order valence-electron chi connectivity index (χ4n) is 4.27. The van der Waals surface area contributed by atoms with Gasteiger partial charge in [0.25, 0.3) is 0 Å². The van der Waals surface area contributed by atoms with E-state index in [-0.39, 0.29) is 5.43 Å². The van der Waals surface area contributed by atoms with E-state index in [9.17, 15) is 23.1 Å². The van der Waals surface area contributed by atoms with Gasteiger partial charge in [0.15, 0.2) is 11.0 Å². The van der Waals surface area contributed by atoms with Crippen LogP contribution in [0.25, 0.3) is 10.2 Å². The van der Waals surface area contributed by atoms with Crippen molar-refractivity contribution in [3.8, 4) is 5.75 Å². The third-order valence-corrected chi connectivity index (χ3v) is 6.64. The third-order valence-electron chi connectivity index (χ3n) is 5.72. The van der Waals surface area contributed by atoms with Gasteiger partial charge in [-0.2, -0.15) is 13.2 Å². The second kappa shape index (κ2) is 7.13. The first-order valence-electron chi connectivity index (χ1n) is 9.63. The summed E-state index contributed by atoms with van der Waals surface area (Å²) >= 11 is 1.17. The van der Waals surface area contributed by atoms with E-state index in [4.69, 9.17) is 4.74 Å². The number of benzene rings is 1. The van der Waals surface area contributed by atoms with Crippen LogP contribution in [0.3, 0.4) is 0 Å². The average molecular weight is 437 g/mol. The largest absolute Gasteiger partial charge is 0.493 e. The van der Waals surface area contributed by atoms with Gasteiger partial charge in [-0.25, -0.2) is 0 Å². The van der Waals surface area contributed by atoms with Crippen molar-refractivity contribution in [1.82, 2.24) is 4.57 Å². The molecule has 4 nitrogen and oxygen atoms in total. The molecule has 0 fully saturated rings. The number of aromatic nitrogens is 1. The smallest absolute Gasteiger partial charge is 0.418 e. The molecule has 160 valence electrons. The first kappa shape index (κ1) is 20.9. The van der Waals surface area contributed by atoms with Gasteiger partial charge in [0.1, 0.15) is 5.75 Å². The zero-order valence-corrected chi connectivity index (χ0v) is 17.4. The molecule has 3 aromatic rings. The Kier molecular flexibility index (Phi) is 4.97. The number of alkyl halides is 3. The fraction of sp³-hybridized carbons (Fsp3) is 0.409. The Balaban J connectivity index is 1.74. The summed E-state index contributed by atoms with van der Waals surface area (Å²) in [6.07, 6.45) is -3.39. The number of hydrogen-bond acceptors (Lipinski definition) is 4. The number of fused-ring (bicyclic) bond motifs is 2. The van der Waals surface area contributed by atoms with Crippen molar-refractivity contribution >= 4 is 21.6 Å². The number of thiophene rings is 1. The molecule has 0 amide bonds. The Morgan fingerprint density at radius 2 is 1.97 bits per heavy atom. The van der Waals surface area contributed by atoms with Gasteiger partial charge in [0.2, 0.25) is 0 Å². The highest BCUT2D eigenvalue weighted by molar-refractivity contribution is 7.17. The van der Waals surface area contributed by atoms with Crippen LogP contribution in [0.1, 0.15) is 31.4 Å². The summed E-state index contributed by atoms with van der Waals surface area (Å²) in [6, 6.07) is 8.32. The van der Waals surface area contributed by atoms with E-state index in [1.165, 1.54) is 28.2 Å². The highest BCUT2D eigenvalue weighted by Gasteiger charge is 2.56. The summed E-state index contributed by atoms with van der Waals surface area (Å²) in [5.41, 5.74) is -2.24. The van der Waals surface area contributed by atoms with Crippen LogP contribution >= 0.6 is 11.3 Å². The van der Waals surface area contributed by atoms with Gasteiger partial charge in [0.05, 0.1) is 23.4 Å². The predicted molar refractivity (Wildman–Crippen MR) is 110 cm³/mol. The fourth-order valence-corrected chi connectivity index (χ4v) is 5.09. The average Bonchev–Trinajstić information content (AvgIpc) is 3.31. The van der Waals surface area contributed by atoms with E-state index >= 15 is 0 Å². The molecule has 0 radical (unpaired) electrons. The molecule has 0 spiro atoms. The first-order valence-corrected chi connectivity index (χ1v) is 10.5. The number of rotatable bonds is 5. The Morgan fingerprint density at radius 1 is 1.20 bits per heavy atom. The van der Waals surface area contributed by atoms with Gasteiger partial charge in [-0.1, -0.05) is 32.0 Å². The van der Waals surface area contributed by atoms with Gasteiger partial charge in [0, 0.05) is 24.2 Å². The molecule has 30 heavy (non-hydrogen) atoms. The van der Waals surface area contributed by atoms with Crippen molar-refractivity contribution in [3.05, 3.63) is 63.3 Å². The van der Waals surface area contributed by atoms with Crippen molar-refractivity contribution in [2.24, 2.45) is 0 Å². The molecule has 2 aromatic heterocycles. The third kappa shape index (κ3) is 3.52. The van der Waals surface area contributed by atoms with Gasteiger partial charge in [-0.3, -0.25) is 4.79 Å². The van der Waals surface area contributed by atoms with E-state index in [0.717, 1.165) is 12.0 Å². The lowest BCUT2D eigenvalue weighted by Gasteiger charge is -2.39. The summed E-state index contributed by atoms with van der Waals surface area (Å²) in [6.45, 7) is 3.17. The molecule has 1 atom stereocenters. The number of nitrogens with zero attached hydrogens (tertiary/aromatic N) is 1. The van der Waals surface area contributed by atoms with Gasteiger partial charge >= 0.3 is 6.18 Å². The molecule has 1 unspecified atom stereocenters. The first-order chi connectivity index (χ1) is 14.0. The molecule has 0 saturated heterocycles. The van der Waals surface area contributed by atoms with Crippen molar-refractivity contribution < 1.29 is 23.0 Å². The summed E-state index contributed by atoms with van der Waals surface area (Å²) in [7, 11) is 0. The Morgan fingerprint density at radius 3 is 2.70 bits per heavy atom. The molecule has 0 bridgehead atoms. The monoisotopic (exact) mass is 437 g/mol. The van der Waals surface area contributed by atoms with Gasteiger partial charge in [-0.15, -0.1) is 11.3 Å². The van der Waals surface area contributed by atoms with E-state index in [0.29, 0.717) is 28.1 Å². The molecule has 1 aromatic carbocycles. The minimum absolute atomic E-state index is 0.246. The second-order valence-electron chi connectivity index (χ2n) is 8.43. The van der Waals surface area contributed by atoms with Gasteiger partial charge < -0.3 is 14.4 Å². The van der Waals surface area contributed by atoms with E-state index in [1.807, 2.05) is 12.1 Å². The number of hydrogen-bond donors (Lipinski definition) is 1. The quantitative estimate of drug-likeness (QED) is 0.632. The number of ether oxygens (including phenoxy) is 1. The number of aliphatic hydroxyl groups is 1. The minimum atomic E-state index is -4.87. The van der Waals surface area contributed by atoms with Crippen LogP contribution in [0.15, 0.2) is 46.7 Å². The second-order valence-corrected chi connectivity index (χ2v) is 9.34. The standard InChI is InChI=1S/C22H22F3NO3S/c1-20(2,15-5-3-4-14-7-10-29-18(14)15)12-21(28,22(23,24)25)13-26-9-6-17(27)19-16(26)8-11-30-19/h3-6,8-9,11,28H,7,10,12-13H2,1-2H3. The lowest BCUT2D eigenvalue weighted by molar-refractivity contribution is -0.271. The zero-order valence-electron chi connectivity index (χ0n) is 16.6. The maximum Gasteiger partial charge on any atom is 0.418 e. The van der Waals surface area contributed by atoms with Crippen LogP contribution in [0.5, 0.6) is 5.75 Å². The molecule has 8 heteroatoms. The lowest BCUT2D eigenvalue weighted by atomic mass is 9.74. The predicted octanol–water partition coefficient (Wildman–Crippen LogP) is 4.66. The number of pyridine rings is 1. The maximum absolute atomic E-state index is 14.2. The summed E-state index contributed by atoms with van der Waals surface area (Å²) in [5, 5.41) is 12.6. The van der Waals surface area contributed by atoms with E-state index in [2.05, 4.69) is 0 Å². The number of para-hydroxylation sites is 1. The van der Waals surface area contributed by atoms with Crippen LogP contribution in [0, 0.1) is 0 Å². The molecular weight excluding hydrogens is 415 g/mol.